The number of nitrogens with zero attached hydrogens (tertiary/aromatic N) is 2. The van der Waals surface area contributed by atoms with E-state index in [-0.39, 0.29) is 37.1 Å². The zero-order valence-electron chi connectivity index (χ0n) is 20.4. The molecule has 0 atom stereocenters. The summed E-state index contributed by atoms with van der Waals surface area (Å²) in [5, 5.41) is 3.90. The van der Waals surface area contributed by atoms with E-state index in [4.69, 9.17) is 16.3 Å². The normalized spacial score (nSPS) is 13.2. The number of carbonyl (C=O) groups excluding carboxylic acids is 2. The standard InChI is InChI=1S/C25H31N5O5S/c1-3-11-30(35-16-17-4-8-21(26)9-5-17)25(32)20-13-18-6-7-19(14-22(18)29-23(27)15-20)24(31)28-10-12-36(2,33)34/h4-9,13-14H,3,10-12,15-16,26H2,1-2H3,(H2,27,29)(H,28,31). The summed E-state index contributed by atoms with van der Waals surface area (Å²) < 4.78 is 22.6. The third-order valence-corrected chi connectivity index (χ3v) is 6.26. The quantitative estimate of drug-likeness (QED) is 0.325. The Hall–Kier alpha value is -3.70. The molecule has 0 unspecified atom stereocenters. The molecule has 0 aromatic heterocycles. The Morgan fingerprint density at radius 2 is 1.86 bits per heavy atom. The number of nitrogens with one attached hydrogen (secondary N) is 1. The number of anilines is 1. The SMILES string of the molecule is CCCN(OCc1ccc(N)cc1)C(=O)C1=Cc2ccc(C(=O)NCCS(C)(=O)=O)cc2N=C(N)C1. The first-order valence-corrected chi connectivity index (χ1v) is 13.5. The van der Waals surface area contributed by atoms with Crippen LogP contribution in [0.2, 0.25) is 0 Å². The number of amidine groups is 1. The predicted octanol–water partition coefficient (Wildman–Crippen LogP) is 2.19. The van der Waals surface area contributed by atoms with Crippen LogP contribution >= 0.6 is 0 Å². The molecule has 36 heavy (non-hydrogen) atoms. The van der Waals surface area contributed by atoms with Crippen molar-refractivity contribution in [3.8, 4) is 0 Å². The molecule has 1 aliphatic rings. The molecule has 1 heterocycles. The molecule has 2 amide bonds. The average Bonchev–Trinajstić information content (AvgIpc) is 2.98. The number of hydrogen-bond acceptors (Lipinski definition) is 8. The minimum Gasteiger partial charge on any atom is -0.399 e. The van der Waals surface area contributed by atoms with Gasteiger partial charge in [0, 0.05) is 48.2 Å². The highest BCUT2D eigenvalue weighted by atomic mass is 32.2. The maximum absolute atomic E-state index is 13.3. The lowest BCUT2D eigenvalue weighted by Gasteiger charge is -2.22. The molecular formula is C25H31N5O5S. The van der Waals surface area contributed by atoms with Gasteiger partial charge in [0.25, 0.3) is 11.8 Å². The molecule has 0 spiro atoms. The molecule has 0 saturated carbocycles. The number of carbonyl (C=O) groups is 2. The molecule has 11 heteroatoms. The molecular weight excluding hydrogens is 482 g/mol. The second-order valence-corrected chi connectivity index (χ2v) is 10.8. The number of hydroxylamine groups is 2. The highest BCUT2D eigenvalue weighted by Gasteiger charge is 2.23. The summed E-state index contributed by atoms with van der Waals surface area (Å²) in [6.07, 6.45) is 3.62. The van der Waals surface area contributed by atoms with Gasteiger partial charge in [-0.3, -0.25) is 14.4 Å². The van der Waals surface area contributed by atoms with E-state index in [1.807, 2.05) is 19.1 Å². The molecule has 10 nitrogen and oxygen atoms in total. The van der Waals surface area contributed by atoms with Crippen molar-refractivity contribution in [2.45, 2.75) is 26.4 Å². The topological polar surface area (TPSA) is 157 Å². The van der Waals surface area contributed by atoms with E-state index in [2.05, 4.69) is 10.3 Å². The Kier molecular flexibility index (Phi) is 8.83. The van der Waals surface area contributed by atoms with Gasteiger partial charge in [-0.1, -0.05) is 25.1 Å². The fraction of sp³-hybridized carbons (Fsp3) is 0.320. The second kappa shape index (κ2) is 11.8. The summed E-state index contributed by atoms with van der Waals surface area (Å²) in [6.45, 7) is 2.54. The van der Waals surface area contributed by atoms with Crippen molar-refractivity contribution in [1.82, 2.24) is 10.4 Å². The van der Waals surface area contributed by atoms with Gasteiger partial charge in [-0.15, -0.1) is 0 Å². The van der Waals surface area contributed by atoms with Crippen LogP contribution < -0.4 is 16.8 Å². The molecule has 1 aliphatic heterocycles. The predicted molar refractivity (Wildman–Crippen MR) is 140 cm³/mol. The van der Waals surface area contributed by atoms with Gasteiger partial charge in [0.1, 0.15) is 22.3 Å². The number of sulfone groups is 1. The van der Waals surface area contributed by atoms with Gasteiger partial charge >= 0.3 is 0 Å². The first-order valence-electron chi connectivity index (χ1n) is 11.5. The number of benzene rings is 2. The van der Waals surface area contributed by atoms with E-state index in [9.17, 15) is 18.0 Å². The third-order valence-electron chi connectivity index (χ3n) is 5.31. The fourth-order valence-corrected chi connectivity index (χ4v) is 3.95. The Morgan fingerprint density at radius 1 is 1.14 bits per heavy atom. The van der Waals surface area contributed by atoms with E-state index in [0.29, 0.717) is 41.0 Å². The highest BCUT2D eigenvalue weighted by Crippen LogP contribution is 2.28. The van der Waals surface area contributed by atoms with Crippen LogP contribution in [0, 0.1) is 0 Å². The number of fused-ring (bicyclic) bond motifs is 1. The number of amides is 2. The van der Waals surface area contributed by atoms with Crippen LogP contribution in [-0.2, 0) is 26.1 Å². The van der Waals surface area contributed by atoms with E-state index in [1.54, 1.807) is 36.4 Å². The van der Waals surface area contributed by atoms with Crippen LogP contribution in [0.25, 0.3) is 6.08 Å². The summed E-state index contributed by atoms with van der Waals surface area (Å²) in [5.41, 5.74) is 15.1. The van der Waals surface area contributed by atoms with Crippen molar-refractivity contribution in [2.24, 2.45) is 10.7 Å². The van der Waals surface area contributed by atoms with Gasteiger partial charge in [0.15, 0.2) is 0 Å². The lowest BCUT2D eigenvalue weighted by molar-refractivity contribution is -0.187. The molecule has 192 valence electrons. The van der Waals surface area contributed by atoms with Crippen molar-refractivity contribution in [3.63, 3.8) is 0 Å². The van der Waals surface area contributed by atoms with Gasteiger partial charge in [-0.2, -0.15) is 0 Å². The summed E-state index contributed by atoms with van der Waals surface area (Å²) in [7, 11) is -3.19. The van der Waals surface area contributed by atoms with Gasteiger partial charge in [-0.05, 0) is 42.3 Å². The minimum atomic E-state index is -3.19. The maximum Gasteiger partial charge on any atom is 0.273 e. The molecule has 0 radical (unpaired) electrons. The molecule has 0 aliphatic carbocycles. The van der Waals surface area contributed by atoms with Crippen molar-refractivity contribution >= 4 is 44.9 Å². The van der Waals surface area contributed by atoms with Crippen LogP contribution in [0.4, 0.5) is 11.4 Å². The molecule has 2 aromatic carbocycles. The number of nitrogens with two attached hydrogens (primary N) is 2. The number of rotatable bonds is 10. The highest BCUT2D eigenvalue weighted by molar-refractivity contribution is 7.90. The smallest absolute Gasteiger partial charge is 0.273 e. The van der Waals surface area contributed by atoms with Crippen molar-refractivity contribution in [3.05, 3.63) is 64.7 Å². The molecule has 0 fully saturated rings. The first kappa shape index (κ1) is 26.9. The van der Waals surface area contributed by atoms with E-state index in [1.165, 1.54) is 5.06 Å². The first-order chi connectivity index (χ1) is 17.1. The van der Waals surface area contributed by atoms with Gasteiger partial charge in [0.2, 0.25) is 0 Å². The Balaban J connectivity index is 1.77. The van der Waals surface area contributed by atoms with Gasteiger partial charge in [-0.25, -0.2) is 18.5 Å². The van der Waals surface area contributed by atoms with Crippen LogP contribution in [-0.4, -0.2) is 56.2 Å². The Labute approximate surface area is 210 Å². The van der Waals surface area contributed by atoms with Crippen LogP contribution in [0.3, 0.4) is 0 Å². The lowest BCUT2D eigenvalue weighted by Crippen LogP contribution is -2.34. The van der Waals surface area contributed by atoms with Crippen molar-refractivity contribution in [1.29, 1.82) is 0 Å². The lowest BCUT2D eigenvalue weighted by atomic mass is 10.0. The van der Waals surface area contributed by atoms with Gasteiger partial charge < -0.3 is 16.8 Å². The number of aliphatic imine (C=N–C) groups is 1. The summed E-state index contributed by atoms with van der Waals surface area (Å²) >= 11 is 0. The average molecular weight is 514 g/mol. The fourth-order valence-electron chi connectivity index (χ4n) is 3.48. The van der Waals surface area contributed by atoms with Gasteiger partial charge in [0.05, 0.1) is 11.4 Å². The Bertz CT molecular complexity index is 1290. The van der Waals surface area contributed by atoms with E-state index in [0.717, 1.165) is 11.8 Å². The molecule has 0 saturated heterocycles. The summed E-state index contributed by atoms with van der Waals surface area (Å²) in [5.74, 6) is -0.679. The summed E-state index contributed by atoms with van der Waals surface area (Å²) in [6, 6.07) is 12.0. The maximum atomic E-state index is 13.3. The second-order valence-electron chi connectivity index (χ2n) is 8.53. The van der Waals surface area contributed by atoms with Crippen LogP contribution in [0.15, 0.2) is 53.0 Å². The molecule has 5 N–H and O–H groups in total. The van der Waals surface area contributed by atoms with Crippen molar-refractivity contribution in [2.75, 3.05) is 30.8 Å². The van der Waals surface area contributed by atoms with Crippen molar-refractivity contribution < 1.29 is 22.8 Å². The monoisotopic (exact) mass is 513 g/mol. The third kappa shape index (κ3) is 7.65. The molecule has 0 bridgehead atoms. The number of hydrogen-bond donors (Lipinski definition) is 3. The zero-order valence-corrected chi connectivity index (χ0v) is 21.2. The minimum absolute atomic E-state index is 0.00232. The van der Waals surface area contributed by atoms with Crippen LogP contribution in [0.5, 0.6) is 0 Å². The van der Waals surface area contributed by atoms with E-state index < -0.39 is 15.7 Å². The van der Waals surface area contributed by atoms with Crippen LogP contribution in [0.1, 0.15) is 41.3 Å². The molecule has 3 rings (SSSR count). The Morgan fingerprint density at radius 3 is 2.53 bits per heavy atom. The largest absolute Gasteiger partial charge is 0.399 e. The number of nitrogen functional groups attached to an aromatic ring is 1. The molecule has 2 aromatic rings. The summed E-state index contributed by atoms with van der Waals surface area (Å²) in [4.78, 5) is 36.0. The zero-order chi connectivity index (χ0) is 26.3. The van der Waals surface area contributed by atoms with E-state index >= 15 is 0 Å².